The molecule has 0 amide bonds. The van der Waals surface area contributed by atoms with Crippen molar-refractivity contribution in [1.29, 1.82) is 0 Å². The largest absolute Gasteiger partial charge is 0.481 e. The summed E-state index contributed by atoms with van der Waals surface area (Å²) < 4.78 is 51.8. The molecule has 3 heterocycles. The molecule has 39 heavy (non-hydrogen) atoms. The maximum Gasteiger partial charge on any atom is 0.416 e. The van der Waals surface area contributed by atoms with Gasteiger partial charge >= 0.3 is 6.18 Å². The number of pyridine rings is 1. The number of hydrogen-bond acceptors (Lipinski definition) is 7. The summed E-state index contributed by atoms with van der Waals surface area (Å²) in [7, 11) is 3.09. The molecular weight excluding hydrogens is 535 g/mol. The smallest absolute Gasteiger partial charge is 0.416 e. The number of oxazole rings is 1. The van der Waals surface area contributed by atoms with Crippen LogP contribution in [-0.2, 0) is 25.2 Å². The lowest BCUT2D eigenvalue weighted by Gasteiger charge is -2.27. The van der Waals surface area contributed by atoms with Gasteiger partial charge in [-0.3, -0.25) is 0 Å². The molecule has 1 unspecified atom stereocenters. The molecule has 3 aromatic heterocycles. The number of benzene rings is 2. The number of nitrogens with zero attached hydrogens (tertiary/aromatic N) is 5. The number of halogens is 4. The quantitative estimate of drug-likeness (QED) is 0.293. The van der Waals surface area contributed by atoms with Gasteiger partial charge in [0.2, 0.25) is 5.88 Å². The highest BCUT2D eigenvalue weighted by Gasteiger charge is 2.42. The van der Waals surface area contributed by atoms with Gasteiger partial charge in [0.25, 0.3) is 0 Å². The lowest BCUT2D eigenvalue weighted by molar-refractivity contribution is -0.137. The third-order valence-corrected chi connectivity index (χ3v) is 7.00. The molecule has 5 aromatic rings. The molecule has 0 aliphatic rings. The van der Waals surface area contributed by atoms with E-state index in [1.165, 1.54) is 30.1 Å². The molecule has 0 saturated carbocycles. The molecule has 0 bridgehead atoms. The fraction of sp³-hybridized carbons (Fsp3) is 0.259. The van der Waals surface area contributed by atoms with Gasteiger partial charge in [-0.2, -0.15) is 13.2 Å². The van der Waals surface area contributed by atoms with E-state index in [2.05, 4.69) is 20.3 Å². The maximum atomic E-state index is 13.0. The SMILES string of the molecule is COc1nc2ccc(C(O)(c3oc(C)nc3C)c3cnnn3C)cc2c(Cl)c1Cc1ccc(C(F)(F)F)cc1. The van der Waals surface area contributed by atoms with Crippen LogP contribution in [0.1, 0.15) is 45.3 Å². The third-order valence-electron chi connectivity index (χ3n) is 6.57. The molecule has 12 heteroatoms. The number of aromatic nitrogens is 5. The van der Waals surface area contributed by atoms with E-state index in [0.717, 1.165) is 12.1 Å². The minimum atomic E-state index is -4.44. The van der Waals surface area contributed by atoms with Crippen LogP contribution in [0.4, 0.5) is 13.2 Å². The second kappa shape index (κ2) is 9.65. The molecule has 2 aromatic carbocycles. The van der Waals surface area contributed by atoms with E-state index >= 15 is 0 Å². The zero-order chi connectivity index (χ0) is 28.1. The van der Waals surface area contributed by atoms with Crippen molar-refractivity contribution < 1.29 is 27.4 Å². The zero-order valence-corrected chi connectivity index (χ0v) is 22.1. The Morgan fingerprint density at radius 1 is 1.05 bits per heavy atom. The second-order valence-corrected chi connectivity index (χ2v) is 9.50. The first kappa shape index (κ1) is 26.6. The molecule has 0 fully saturated rings. The molecule has 1 N–H and O–H groups in total. The summed E-state index contributed by atoms with van der Waals surface area (Å²) in [5, 5.41) is 20.9. The number of alkyl halides is 3. The monoisotopic (exact) mass is 557 g/mol. The number of hydrogen-bond donors (Lipinski definition) is 1. The fourth-order valence-electron chi connectivity index (χ4n) is 4.69. The lowest BCUT2D eigenvalue weighted by Crippen LogP contribution is -2.32. The van der Waals surface area contributed by atoms with Crippen LogP contribution in [0.3, 0.4) is 0 Å². The maximum absolute atomic E-state index is 13.0. The number of ether oxygens (including phenoxy) is 1. The predicted molar refractivity (Wildman–Crippen MR) is 137 cm³/mol. The molecule has 0 spiro atoms. The average molecular weight is 558 g/mol. The molecule has 0 saturated heterocycles. The van der Waals surface area contributed by atoms with E-state index in [1.807, 2.05) is 0 Å². The van der Waals surface area contributed by atoms with E-state index in [4.69, 9.17) is 20.8 Å². The summed E-state index contributed by atoms with van der Waals surface area (Å²) in [4.78, 5) is 8.90. The molecule has 0 radical (unpaired) electrons. The van der Waals surface area contributed by atoms with Crippen LogP contribution in [0, 0.1) is 13.8 Å². The van der Waals surface area contributed by atoms with Gasteiger partial charge in [-0.15, -0.1) is 5.10 Å². The minimum absolute atomic E-state index is 0.170. The van der Waals surface area contributed by atoms with Crippen molar-refractivity contribution >= 4 is 22.5 Å². The Kier molecular flexibility index (Phi) is 6.59. The van der Waals surface area contributed by atoms with E-state index in [0.29, 0.717) is 44.9 Å². The van der Waals surface area contributed by atoms with Crippen LogP contribution in [0.25, 0.3) is 10.9 Å². The van der Waals surface area contributed by atoms with Gasteiger partial charge in [-0.25, -0.2) is 14.6 Å². The van der Waals surface area contributed by atoms with Gasteiger partial charge in [-0.1, -0.05) is 35.0 Å². The van der Waals surface area contributed by atoms with Gasteiger partial charge < -0.3 is 14.3 Å². The Balaban J connectivity index is 1.67. The molecule has 0 aliphatic heterocycles. The standard InChI is InChI=1S/C27H23ClF3N5O3/c1-14-24(39-15(2)33-14)26(37,22-13-32-35-36(22)3)18-9-10-21-19(12-18)23(28)20(25(34-21)38-4)11-16-5-7-17(8-6-16)27(29,30)31/h5-10,12-13,37H,11H2,1-4H3. The van der Waals surface area contributed by atoms with Crippen molar-refractivity contribution in [3.8, 4) is 5.88 Å². The fourth-order valence-corrected chi connectivity index (χ4v) is 4.98. The van der Waals surface area contributed by atoms with Crippen molar-refractivity contribution in [3.05, 3.63) is 99.0 Å². The average Bonchev–Trinajstić information content (AvgIpc) is 3.49. The lowest BCUT2D eigenvalue weighted by atomic mass is 9.86. The van der Waals surface area contributed by atoms with Gasteiger partial charge in [-0.05, 0) is 42.3 Å². The van der Waals surface area contributed by atoms with Crippen molar-refractivity contribution in [2.75, 3.05) is 7.11 Å². The highest BCUT2D eigenvalue weighted by Crippen LogP contribution is 2.41. The first-order valence-electron chi connectivity index (χ1n) is 11.8. The normalized spacial score (nSPS) is 13.6. The summed E-state index contributed by atoms with van der Waals surface area (Å²) in [5.41, 5.74) is 0.220. The van der Waals surface area contributed by atoms with Crippen molar-refractivity contribution in [1.82, 2.24) is 25.0 Å². The molecule has 8 nitrogen and oxygen atoms in total. The van der Waals surface area contributed by atoms with E-state index < -0.39 is 17.3 Å². The Morgan fingerprint density at radius 3 is 2.31 bits per heavy atom. The zero-order valence-electron chi connectivity index (χ0n) is 21.3. The first-order valence-corrected chi connectivity index (χ1v) is 12.2. The highest BCUT2D eigenvalue weighted by molar-refractivity contribution is 6.36. The number of rotatable bonds is 6. The number of aliphatic hydroxyl groups is 1. The van der Waals surface area contributed by atoms with E-state index in [9.17, 15) is 18.3 Å². The second-order valence-electron chi connectivity index (χ2n) is 9.12. The summed E-state index contributed by atoms with van der Waals surface area (Å²) in [6.45, 7) is 3.41. The van der Waals surface area contributed by atoms with E-state index in [-0.39, 0.29) is 23.1 Å². The van der Waals surface area contributed by atoms with Crippen molar-refractivity contribution in [3.63, 3.8) is 0 Å². The molecule has 5 rings (SSSR count). The molecular formula is C27H23ClF3N5O3. The molecule has 202 valence electrons. The number of methoxy groups -OCH3 is 1. The Morgan fingerprint density at radius 2 is 1.74 bits per heavy atom. The Hall–Kier alpha value is -3.96. The van der Waals surface area contributed by atoms with Gasteiger partial charge in [0.15, 0.2) is 17.3 Å². The highest BCUT2D eigenvalue weighted by atomic mass is 35.5. The first-order chi connectivity index (χ1) is 18.4. The Labute approximate surface area is 226 Å². The molecule has 1 atom stereocenters. The number of fused-ring (bicyclic) bond motifs is 1. The van der Waals surface area contributed by atoms with Crippen LogP contribution >= 0.6 is 11.6 Å². The van der Waals surface area contributed by atoms with Crippen LogP contribution in [0.5, 0.6) is 5.88 Å². The molecule has 0 aliphatic carbocycles. The van der Waals surface area contributed by atoms with Gasteiger partial charge in [0, 0.05) is 31.3 Å². The van der Waals surface area contributed by atoms with Crippen LogP contribution in [0.2, 0.25) is 5.02 Å². The predicted octanol–water partition coefficient (Wildman–Crippen LogP) is 5.52. The topological polar surface area (TPSA) is 99.1 Å². The van der Waals surface area contributed by atoms with Crippen LogP contribution < -0.4 is 4.74 Å². The number of aryl methyl sites for hydroxylation is 3. The summed E-state index contributed by atoms with van der Waals surface area (Å²) in [5.74, 6) is 0.820. The van der Waals surface area contributed by atoms with Crippen LogP contribution in [0.15, 0.2) is 53.1 Å². The Bertz CT molecular complexity index is 1680. The summed E-state index contributed by atoms with van der Waals surface area (Å²) in [6, 6.07) is 9.88. The summed E-state index contributed by atoms with van der Waals surface area (Å²) in [6.07, 6.45) is -2.83. The van der Waals surface area contributed by atoms with Crippen molar-refractivity contribution in [2.24, 2.45) is 7.05 Å². The third kappa shape index (κ3) is 4.61. The van der Waals surface area contributed by atoms with Crippen LogP contribution in [-0.4, -0.2) is 37.2 Å². The van der Waals surface area contributed by atoms with Crippen molar-refractivity contribution in [2.45, 2.75) is 32.0 Å². The van der Waals surface area contributed by atoms with Gasteiger partial charge in [0.05, 0.1) is 35.1 Å². The minimum Gasteiger partial charge on any atom is -0.481 e. The van der Waals surface area contributed by atoms with Gasteiger partial charge in [0.1, 0.15) is 5.69 Å². The summed E-state index contributed by atoms with van der Waals surface area (Å²) >= 11 is 6.89. The van der Waals surface area contributed by atoms with E-state index in [1.54, 1.807) is 39.1 Å².